The fraction of sp³-hybridized carbons (Fsp3) is 0.211. The first-order chi connectivity index (χ1) is 12.1. The number of aromatic amines is 1. The molecular weight excluding hydrogens is 359 g/mol. The molecule has 4 nitrogen and oxygen atoms in total. The number of H-pyrrole nitrogens is 1. The zero-order chi connectivity index (χ0) is 17.6. The van der Waals surface area contributed by atoms with Crippen LogP contribution in [0.4, 0.5) is 0 Å². The van der Waals surface area contributed by atoms with Crippen molar-refractivity contribution in [3.8, 4) is 0 Å². The van der Waals surface area contributed by atoms with E-state index >= 15 is 0 Å². The van der Waals surface area contributed by atoms with Gasteiger partial charge in [0.2, 0.25) is 0 Å². The van der Waals surface area contributed by atoms with Gasteiger partial charge in [0.05, 0.1) is 17.8 Å². The van der Waals surface area contributed by atoms with Gasteiger partial charge in [-0.05, 0) is 29.8 Å². The Morgan fingerprint density at radius 3 is 2.80 bits per heavy atom. The predicted molar refractivity (Wildman–Crippen MR) is 98.0 cm³/mol. The molecule has 3 N–H and O–H groups in total. The maximum Gasteiger partial charge on any atom is 0.364 e. The third kappa shape index (κ3) is 2.80. The lowest BCUT2D eigenvalue weighted by molar-refractivity contribution is -0.712. The molecule has 1 aliphatic heterocycles. The maximum atomic E-state index is 12.2. The van der Waals surface area contributed by atoms with Crippen molar-refractivity contribution < 1.29 is 14.8 Å². The van der Waals surface area contributed by atoms with Gasteiger partial charge in [-0.1, -0.05) is 41.4 Å². The maximum absolute atomic E-state index is 12.2. The Balaban J connectivity index is 1.90. The summed E-state index contributed by atoms with van der Waals surface area (Å²) in [6.07, 6.45) is 0.619. The van der Waals surface area contributed by atoms with E-state index in [1.807, 2.05) is 35.6 Å². The molecule has 0 spiro atoms. The van der Waals surface area contributed by atoms with Gasteiger partial charge in [0.1, 0.15) is 0 Å². The number of carbonyl (C=O) groups excluding carboxylic acids is 1. The molecule has 4 rings (SSSR count). The van der Waals surface area contributed by atoms with Crippen molar-refractivity contribution in [3.05, 3.63) is 69.3 Å². The molecule has 128 valence electrons. The molecule has 0 saturated heterocycles. The van der Waals surface area contributed by atoms with E-state index in [0.29, 0.717) is 16.5 Å². The number of fused-ring (bicyclic) bond motifs is 3. The highest BCUT2D eigenvalue weighted by Gasteiger charge is 2.38. The summed E-state index contributed by atoms with van der Waals surface area (Å²) >= 11 is 12.5. The fourth-order valence-electron chi connectivity index (χ4n) is 3.65. The number of quaternary nitrogens is 1. The number of aromatic nitrogens is 1. The van der Waals surface area contributed by atoms with Gasteiger partial charge >= 0.3 is 5.97 Å². The zero-order valence-corrected chi connectivity index (χ0v) is 15.1. The second-order valence-corrected chi connectivity index (χ2v) is 7.08. The molecule has 6 heteroatoms. The summed E-state index contributed by atoms with van der Waals surface area (Å²) in [6.45, 7) is 0. The van der Waals surface area contributed by atoms with Crippen LogP contribution in [-0.4, -0.2) is 24.1 Å². The van der Waals surface area contributed by atoms with E-state index < -0.39 is 0 Å². The Bertz CT molecular complexity index is 967. The quantitative estimate of drug-likeness (QED) is 0.675. The van der Waals surface area contributed by atoms with Crippen LogP contribution in [0, 0.1) is 0 Å². The third-order valence-electron chi connectivity index (χ3n) is 4.81. The number of rotatable bonds is 2. The van der Waals surface area contributed by atoms with Crippen molar-refractivity contribution in [2.75, 3.05) is 7.11 Å². The Hall–Kier alpha value is -2.01. The number of nitrogens with one attached hydrogen (secondary N) is 1. The number of ether oxygens (including phenoxy) is 1. The minimum atomic E-state index is -0.312. The highest BCUT2D eigenvalue weighted by atomic mass is 35.5. The summed E-state index contributed by atoms with van der Waals surface area (Å²) in [7, 11) is 1.42. The lowest BCUT2D eigenvalue weighted by Crippen LogP contribution is -2.94. The zero-order valence-electron chi connectivity index (χ0n) is 13.6. The Morgan fingerprint density at radius 2 is 2.04 bits per heavy atom. The van der Waals surface area contributed by atoms with Crippen molar-refractivity contribution in [2.45, 2.75) is 18.5 Å². The molecular formula is C19H17Cl2N2O2+. The number of para-hydroxylation sites is 1. The summed E-state index contributed by atoms with van der Waals surface area (Å²) in [5, 5.41) is 4.32. The lowest BCUT2D eigenvalue weighted by atomic mass is 9.90. The number of carbonyl (C=O) groups is 1. The molecule has 0 radical (unpaired) electrons. The van der Waals surface area contributed by atoms with Crippen LogP contribution in [-0.2, 0) is 16.0 Å². The number of hydrogen-bond acceptors (Lipinski definition) is 2. The largest absolute Gasteiger partial charge is 0.465 e. The lowest BCUT2D eigenvalue weighted by Gasteiger charge is -2.27. The van der Waals surface area contributed by atoms with Gasteiger partial charge in [-0.3, -0.25) is 0 Å². The van der Waals surface area contributed by atoms with E-state index in [4.69, 9.17) is 27.9 Å². The molecule has 2 aromatic carbocycles. The van der Waals surface area contributed by atoms with E-state index in [2.05, 4.69) is 11.1 Å². The van der Waals surface area contributed by atoms with Crippen molar-refractivity contribution in [1.29, 1.82) is 0 Å². The summed E-state index contributed by atoms with van der Waals surface area (Å²) in [5.41, 5.74) is 4.20. The molecule has 0 fully saturated rings. The second-order valence-electron chi connectivity index (χ2n) is 6.23. The van der Waals surface area contributed by atoms with Gasteiger partial charge in [0, 0.05) is 27.9 Å². The van der Waals surface area contributed by atoms with E-state index in [-0.39, 0.29) is 18.1 Å². The van der Waals surface area contributed by atoms with Crippen LogP contribution in [0.15, 0.2) is 42.5 Å². The molecule has 2 atom stereocenters. The van der Waals surface area contributed by atoms with E-state index in [1.165, 1.54) is 7.11 Å². The number of hydrogen-bond donors (Lipinski definition) is 2. The van der Waals surface area contributed by atoms with Crippen LogP contribution < -0.4 is 5.32 Å². The van der Waals surface area contributed by atoms with Crippen molar-refractivity contribution in [3.63, 3.8) is 0 Å². The van der Waals surface area contributed by atoms with Crippen molar-refractivity contribution in [2.24, 2.45) is 0 Å². The van der Waals surface area contributed by atoms with Crippen LogP contribution in [0.3, 0.4) is 0 Å². The third-order valence-corrected chi connectivity index (χ3v) is 5.37. The minimum Gasteiger partial charge on any atom is -0.465 e. The van der Waals surface area contributed by atoms with Gasteiger partial charge in [-0.25, -0.2) is 4.79 Å². The Labute approximate surface area is 155 Å². The van der Waals surface area contributed by atoms with E-state index in [1.54, 1.807) is 6.07 Å². The van der Waals surface area contributed by atoms with Crippen LogP contribution in [0.2, 0.25) is 10.0 Å². The summed E-state index contributed by atoms with van der Waals surface area (Å²) in [4.78, 5) is 15.7. The number of halogens is 2. The normalized spacial score (nSPS) is 19.6. The Morgan fingerprint density at radius 1 is 1.24 bits per heavy atom. The Kier molecular flexibility index (Phi) is 4.20. The summed E-state index contributed by atoms with van der Waals surface area (Å²) in [5.74, 6) is -0.231. The van der Waals surface area contributed by atoms with Crippen LogP contribution in [0.1, 0.15) is 22.9 Å². The summed E-state index contributed by atoms with van der Waals surface area (Å²) < 4.78 is 4.99. The van der Waals surface area contributed by atoms with Gasteiger partial charge in [0.25, 0.3) is 0 Å². The average molecular weight is 376 g/mol. The smallest absolute Gasteiger partial charge is 0.364 e. The van der Waals surface area contributed by atoms with Crippen LogP contribution in [0.25, 0.3) is 10.9 Å². The van der Waals surface area contributed by atoms with Gasteiger partial charge in [-0.2, -0.15) is 0 Å². The van der Waals surface area contributed by atoms with Crippen LogP contribution >= 0.6 is 23.2 Å². The average Bonchev–Trinajstić information content (AvgIpc) is 2.99. The number of nitrogens with two attached hydrogens (primary N) is 1. The number of methoxy groups -OCH3 is 1. The van der Waals surface area contributed by atoms with Gasteiger partial charge < -0.3 is 15.0 Å². The van der Waals surface area contributed by atoms with E-state index in [0.717, 1.165) is 27.7 Å². The molecule has 1 aliphatic rings. The standard InChI is InChI=1S/C19H16Cl2N2O2/c1-25-19(24)16-9-13-11-4-2-3-5-15(11)22-18(13)17(23-16)12-7-6-10(20)8-14(12)21/h2-8,16-17,22-23H,9H2,1H3/p+1. The molecule has 0 amide bonds. The van der Waals surface area contributed by atoms with Gasteiger partial charge in [-0.15, -0.1) is 0 Å². The first-order valence-electron chi connectivity index (χ1n) is 8.05. The molecule has 0 aliphatic carbocycles. The SMILES string of the molecule is COC(=O)C1Cc2c([nH]c3ccccc23)C(c2ccc(Cl)cc2Cl)[NH2+]1. The van der Waals surface area contributed by atoms with Crippen LogP contribution in [0.5, 0.6) is 0 Å². The number of benzene rings is 2. The fourth-order valence-corrected chi connectivity index (χ4v) is 4.17. The number of esters is 1. The molecule has 3 aromatic rings. The second kappa shape index (κ2) is 6.37. The molecule has 1 aromatic heterocycles. The monoisotopic (exact) mass is 375 g/mol. The van der Waals surface area contributed by atoms with E-state index in [9.17, 15) is 4.79 Å². The molecule has 25 heavy (non-hydrogen) atoms. The molecule has 0 saturated carbocycles. The molecule has 2 heterocycles. The highest BCUT2D eigenvalue weighted by molar-refractivity contribution is 6.35. The first kappa shape index (κ1) is 16.5. The van der Waals surface area contributed by atoms with Crippen molar-refractivity contribution in [1.82, 2.24) is 4.98 Å². The predicted octanol–water partition coefficient (Wildman–Crippen LogP) is 3.23. The molecule has 0 bridgehead atoms. The topological polar surface area (TPSA) is 58.7 Å². The van der Waals surface area contributed by atoms with Crippen molar-refractivity contribution >= 4 is 40.1 Å². The van der Waals surface area contributed by atoms with Gasteiger partial charge in [0.15, 0.2) is 12.1 Å². The summed E-state index contributed by atoms with van der Waals surface area (Å²) in [6, 6.07) is 13.2. The first-order valence-corrected chi connectivity index (χ1v) is 8.81. The highest BCUT2D eigenvalue weighted by Crippen LogP contribution is 2.35. The molecule has 2 unspecified atom stereocenters. The minimum absolute atomic E-state index is 0.120.